The number of imidazole rings is 1. The molecule has 0 aliphatic heterocycles. The summed E-state index contributed by atoms with van der Waals surface area (Å²) in [6.45, 7) is 0. The van der Waals surface area contributed by atoms with Gasteiger partial charge in [0.15, 0.2) is 11.5 Å². The summed E-state index contributed by atoms with van der Waals surface area (Å²) in [5.74, 6) is 2.25. The lowest BCUT2D eigenvalue weighted by atomic mass is 10.2. The maximum atomic E-state index is 11.0. The lowest BCUT2D eigenvalue weighted by Crippen LogP contribution is -2.01. The van der Waals surface area contributed by atoms with Crippen molar-refractivity contribution in [1.29, 1.82) is 0 Å². The molecular formula is C18H19N3O4. The largest absolute Gasteiger partial charge is 0.493 e. The minimum atomic E-state index is 0.524. The first-order valence-electron chi connectivity index (χ1n) is 7.60. The van der Waals surface area contributed by atoms with Crippen molar-refractivity contribution in [2.45, 2.75) is 0 Å². The molecule has 25 heavy (non-hydrogen) atoms. The van der Waals surface area contributed by atoms with Crippen LogP contribution in [0.15, 0.2) is 30.3 Å². The number of rotatable bonds is 6. The van der Waals surface area contributed by atoms with Gasteiger partial charge in [0.2, 0.25) is 11.7 Å². The highest BCUT2D eigenvalue weighted by molar-refractivity contribution is 5.87. The topological polar surface area (TPSA) is 74.6 Å². The molecule has 3 rings (SSSR count). The molecule has 0 aliphatic rings. The number of hydrogen-bond donors (Lipinski definition) is 1. The highest BCUT2D eigenvalue weighted by atomic mass is 16.5. The zero-order valence-electron chi connectivity index (χ0n) is 14.5. The summed E-state index contributed by atoms with van der Waals surface area (Å²) >= 11 is 0. The fourth-order valence-electron chi connectivity index (χ4n) is 2.67. The Morgan fingerprint density at radius 1 is 1.04 bits per heavy atom. The number of nitrogens with one attached hydrogen (secondary N) is 1. The minimum Gasteiger partial charge on any atom is -0.493 e. The molecular weight excluding hydrogens is 322 g/mol. The van der Waals surface area contributed by atoms with Crippen LogP contribution in [0.1, 0.15) is 10.4 Å². The fraction of sp³-hybridized carbons (Fsp3) is 0.222. The van der Waals surface area contributed by atoms with Crippen molar-refractivity contribution in [2.24, 2.45) is 7.05 Å². The SMILES string of the molecule is COc1cc(Nc2nc3ccc(C=O)cc3n2C)cc(OC)c1OC. The maximum Gasteiger partial charge on any atom is 0.208 e. The second-order valence-corrected chi connectivity index (χ2v) is 5.40. The van der Waals surface area contributed by atoms with E-state index in [9.17, 15) is 4.79 Å². The quantitative estimate of drug-likeness (QED) is 0.694. The van der Waals surface area contributed by atoms with Crippen molar-refractivity contribution in [3.8, 4) is 17.2 Å². The molecule has 0 bridgehead atoms. The average molecular weight is 341 g/mol. The Labute approximate surface area is 145 Å². The molecule has 2 aromatic carbocycles. The zero-order chi connectivity index (χ0) is 18.0. The van der Waals surface area contributed by atoms with Crippen molar-refractivity contribution in [3.05, 3.63) is 35.9 Å². The summed E-state index contributed by atoms with van der Waals surface area (Å²) in [5, 5.41) is 3.25. The Kier molecular flexibility index (Phi) is 4.47. The molecule has 7 heteroatoms. The molecule has 7 nitrogen and oxygen atoms in total. The van der Waals surface area contributed by atoms with Crippen molar-refractivity contribution in [2.75, 3.05) is 26.6 Å². The van der Waals surface area contributed by atoms with E-state index in [1.807, 2.05) is 17.7 Å². The number of carbonyl (C=O) groups excluding carboxylic acids is 1. The summed E-state index contributed by atoms with van der Waals surface area (Å²) in [6.07, 6.45) is 0.818. The molecule has 0 unspecified atom stereocenters. The highest BCUT2D eigenvalue weighted by Gasteiger charge is 2.15. The van der Waals surface area contributed by atoms with E-state index in [4.69, 9.17) is 14.2 Å². The van der Waals surface area contributed by atoms with E-state index >= 15 is 0 Å². The van der Waals surface area contributed by atoms with E-state index in [0.29, 0.717) is 28.8 Å². The van der Waals surface area contributed by atoms with E-state index in [1.54, 1.807) is 45.6 Å². The Morgan fingerprint density at radius 2 is 1.72 bits per heavy atom. The minimum absolute atomic E-state index is 0.524. The van der Waals surface area contributed by atoms with Crippen LogP contribution in [0.4, 0.5) is 11.6 Å². The molecule has 130 valence electrons. The van der Waals surface area contributed by atoms with Crippen LogP contribution in [-0.2, 0) is 7.05 Å². The predicted octanol–water partition coefficient (Wildman–Crippen LogP) is 3.16. The van der Waals surface area contributed by atoms with Gasteiger partial charge in [0, 0.05) is 30.4 Å². The van der Waals surface area contributed by atoms with E-state index < -0.39 is 0 Å². The fourth-order valence-corrected chi connectivity index (χ4v) is 2.67. The number of aldehydes is 1. The van der Waals surface area contributed by atoms with Crippen LogP contribution in [0.25, 0.3) is 11.0 Å². The second-order valence-electron chi connectivity index (χ2n) is 5.40. The van der Waals surface area contributed by atoms with E-state index in [1.165, 1.54) is 0 Å². The van der Waals surface area contributed by atoms with Crippen LogP contribution in [0, 0.1) is 0 Å². The van der Waals surface area contributed by atoms with Crippen molar-refractivity contribution >= 4 is 29.0 Å². The molecule has 0 fully saturated rings. The van der Waals surface area contributed by atoms with Gasteiger partial charge in [-0.3, -0.25) is 4.79 Å². The summed E-state index contributed by atoms with van der Waals surface area (Å²) in [7, 11) is 6.57. The number of carbonyl (C=O) groups is 1. The molecule has 0 amide bonds. The molecule has 0 atom stereocenters. The van der Waals surface area contributed by atoms with Crippen molar-refractivity contribution in [3.63, 3.8) is 0 Å². The average Bonchev–Trinajstić information content (AvgIpc) is 2.95. The van der Waals surface area contributed by atoms with Crippen LogP contribution in [0.3, 0.4) is 0 Å². The number of fused-ring (bicyclic) bond motifs is 1. The smallest absolute Gasteiger partial charge is 0.208 e. The monoisotopic (exact) mass is 341 g/mol. The second kappa shape index (κ2) is 6.72. The number of benzene rings is 2. The number of methoxy groups -OCH3 is 3. The predicted molar refractivity (Wildman–Crippen MR) is 95.5 cm³/mol. The first-order valence-corrected chi connectivity index (χ1v) is 7.60. The molecule has 0 aliphatic carbocycles. The lowest BCUT2D eigenvalue weighted by molar-refractivity contribution is 0.112. The molecule has 0 saturated heterocycles. The molecule has 3 aromatic rings. The number of anilines is 2. The molecule has 0 spiro atoms. The summed E-state index contributed by atoms with van der Waals surface area (Å²) < 4.78 is 17.9. The van der Waals surface area contributed by atoms with Gasteiger partial charge in [-0.15, -0.1) is 0 Å². The molecule has 0 saturated carbocycles. The van der Waals surface area contributed by atoms with Gasteiger partial charge in [0.05, 0.1) is 32.4 Å². The van der Waals surface area contributed by atoms with Gasteiger partial charge in [-0.05, 0) is 18.2 Å². The van der Waals surface area contributed by atoms with Crippen molar-refractivity contribution in [1.82, 2.24) is 9.55 Å². The standard InChI is InChI=1S/C18H19N3O4/c1-21-14-7-11(10-22)5-6-13(14)20-18(21)19-12-8-15(23-2)17(25-4)16(9-12)24-3/h5-10H,1-4H3,(H,19,20). The van der Waals surface area contributed by atoms with Gasteiger partial charge < -0.3 is 24.1 Å². The Morgan fingerprint density at radius 3 is 2.28 bits per heavy atom. The first-order chi connectivity index (χ1) is 12.1. The maximum absolute atomic E-state index is 11.0. The molecule has 1 heterocycles. The van der Waals surface area contributed by atoms with Crippen LogP contribution >= 0.6 is 0 Å². The number of aromatic nitrogens is 2. The third kappa shape index (κ3) is 2.96. The van der Waals surface area contributed by atoms with Gasteiger partial charge in [0.25, 0.3) is 0 Å². The number of nitrogens with zero attached hydrogens (tertiary/aromatic N) is 2. The molecule has 1 N–H and O–H groups in total. The highest BCUT2D eigenvalue weighted by Crippen LogP contribution is 2.40. The van der Waals surface area contributed by atoms with Gasteiger partial charge in [-0.2, -0.15) is 0 Å². The third-order valence-electron chi connectivity index (χ3n) is 3.96. The van der Waals surface area contributed by atoms with E-state index in [-0.39, 0.29) is 0 Å². The summed E-state index contributed by atoms with van der Waals surface area (Å²) in [5.41, 5.74) is 3.00. The molecule has 1 aromatic heterocycles. The Balaban J connectivity index is 2.03. The van der Waals surface area contributed by atoms with Crippen LogP contribution < -0.4 is 19.5 Å². The van der Waals surface area contributed by atoms with E-state index in [0.717, 1.165) is 23.0 Å². The van der Waals surface area contributed by atoms with Crippen LogP contribution in [-0.4, -0.2) is 37.2 Å². The molecule has 0 radical (unpaired) electrons. The summed E-state index contributed by atoms with van der Waals surface area (Å²) in [4.78, 5) is 15.5. The Bertz CT molecular complexity index is 908. The van der Waals surface area contributed by atoms with Gasteiger partial charge in [-0.25, -0.2) is 4.98 Å². The lowest BCUT2D eigenvalue weighted by Gasteiger charge is -2.15. The van der Waals surface area contributed by atoms with E-state index in [2.05, 4.69) is 10.3 Å². The number of hydrogen-bond acceptors (Lipinski definition) is 6. The third-order valence-corrected chi connectivity index (χ3v) is 3.96. The van der Waals surface area contributed by atoms with Crippen LogP contribution in [0.5, 0.6) is 17.2 Å². The summed E-state index contributed by atoms with van der Waals surface area (Å²) in [6, 6.07) is 8.97. The van der Waals surface area contributed by atoms with Gasteiger partial charge in [-0.1, -0.05) is 0 Å². The number of aryl methyl sites for hydroxylation is 1. The van der Waals surface area contributed by atoms with Gasteiger partial charge >= 0.3 is 0 Å². The Hall–Kier alpha value is -3.22. The van der Waals surface area contributed by atoms with Crippen LogP contribution in [0.2, 0.25) is 0 Å². The van der Waals surface area contributed by atoms with Crippen molar-refractivity contribution < 1.29 is 19.0 Å². The number of ether oxygens (including phenoxy) is 3. The van der Waals surface area contributed by atoms with Gasteiger partial charge in [0.1, 0.15) is 6.29 Å². The zero-order valence-corrected chi connectivity index (χ0v) is 14.5. The first kappa shape index (κ1) is 16.6. The normalized spacial score (nSPS) is 10.6.